The van der Waals surface area contributed by atoms with Gasteiger partial charge in [-0.15, -0.1) is 35.3 Å². The van der Waals surface area contributed by atoms with Crippen LogP contribution in [0.4, 0.5) is 0 Å². The van der Waals surface area contributed by atoms with Crippen LogP contribution in [0.3, 0.4) is 0 Å². The minimum Gasteiger partial charge on any atom is -0.356 e. The van der Waals surface area contributed by atoms with Crippen LogP contribution < -0.4 is 10.6 Å². The molecule has 5 nitrogen and oxygen atoms in total. The van der Waals surface area contributed by atoms with Crippen LogP contribution in [-0.2, 0) is 16.3 Å². The summed E-state index contributed by atoms with van der Waals surface area (Å²) in [5.41, 5.74) is 0. The molecule has 1 aromatic heterocycles. The smallest absolute Gasteiger partial charge is 0.191 e. The Kier molecular flexibility index (Phi) is 8.29. The van der Waals surface area contributed by atoms with Crippen LogP contribution in [-0.4, -0.2) is 45.5 Å². The number of nitrogens with one attached hydrogen (secondary N) is 2. The second-order valence-electron chi connectivity index (χ2n) is 5.98. The first-order valence-corrected chi connectivity index (χ1v) is 10.2. The van der Waals surface area contributed by atoms with Gasteiger partial charge in [-0.1, -0.05) is 0 Å². The Balaban J connectivity index is 0.00000264. The highest BCUT2D eigenvalue weighted by atomic mass is 127. The van der Waals surface area contributed by atoms with Crippen molar-refractivity contribution in [2.45, 2.75) is 32.7 Å². The van der Waals surface area contributed by atoms with Crippen LogP contribution in [0.5, 0.6) is 0 Å². The lowest BCUT2D eigenvalue weighted by atomic mass is 10.1. The molecule has 2 atom stereocenters. The molecule has 1 saturated heterocycles. The van der Waals surface area contributed by atoms with Crippen LogP contribution in [0.25, 0.3) is 0 Å². The molecule has 2 rings (SSSR count). The third-order valence-electron chi connectivity index (χ3n) is 3.80. The Morgan fingerprint density at radius 2 is 2.22 bits per heavy atom. The molecule has 2 N–H and O–H groups in total. The molecule has 1 aliphatic heterocycles. The number of hydrogen-bond donors (Lipinski definition) is 2. The summed E-state index contributed by atoms with van der Waals surface area (Å²) in [6, 6.07) is 4.58. The Morgan fingerprint density at radius 1 is 1.48 bits per heavy atom. The Bertz CT molecular complexity index is 628. The van der Waals surface area contributed by atoms with Gasteiger partial charge in [-0.2, -0.15) is 0 Å². The average molecular weight is 471 g/mol. The predicted octanol–water partition coefficient (Wildman–Crippen LogP) is 2.21. The van der Waals surface area contributed by atoms with E-state index in [1.54, 1.807) is 7.05 Å². The summed E-state index contributed by atoms with van der Waals surface area (Å²) in [6.45, 7) is 4.90. The minimum absolute atomic E-state index is 0. The zero-order chi connectivity index (χ0) is 16.2. The van der Waals surface area contributed by atoms with Crippen molar-refractivity contribution in [1.29, 1.82) is 0 Å². The van der Waals surface area contributed by atoms with E-state index >= 15 is 0 Å². The average Bonchev–Trinajstić information content (AvgIpc) is 3.00. The number of hydrogen-bond acceptors (Lipinski definition) is 4. The number of rotatable bonds is 5. The third kappa shape index (κ3) is 6.96. The molecule has 132 valence electrons. The van der Waals surface area contributed by atoms with Gasteiger partial charge in [0.05, 0.1) is 11.5 Å². The Labute approximate surface area is 160 Å². The fourth-order valence-corrected chi connectivity index (χ4v) is 5.53. The number of sulfone groups is 1. The molecule has 0 amide bonds. The minimum atomic E-state index is -2.81. The molecular formula is C15H26IN3O2S2. The van der Waals surface area contributed by atoms with Gasteiger partial charge in [-0.05, 0) is 38.3 Å². The summed E-state index contributed by atoms with van der Waals surface area (Å²) in [5, 5.41) is 6.61. The molecule has 1 aliphatic rings. The van der Waals surface area contributed by atoms with Gasteiger partial charge in [-0.3, -0.25) is 4.99 Å². The molecule has 0 spiro atoms. The summed E-state index contributed by atoms with van der Waals surface area (Å²) in [7, 11) is -1.07. The van der Waals surface area contributed by atoms with Gasteiger partial charge in [0.15, 0.2) is 15.8 Å². The highest BCUT2D eigenvalue weighted by molar-refractivity contribution is 14.0. The van der Waals surface area contributed by atoms with E-state index in [4.69, 9.17) is 0 Å². The van der Waals surface area contributed by atoms with Crippen LogP contribution >= 0.6 is 35.3 Å². The van der Waals surface area contributed by atoms with Gasteiger partial charge in [0.1, 0.15) is 0 Å². The zero-order valence-corrected chi connectivity index (χ0v) is 17.8. The number of halogens is 1. The second kappa shape index (κ2) is 9.22. The highest BCUT2D eigenvalue weighted by Gasteiger charge is 2.27. The van der Waals surface area contributed by atoms with Gasteiger partial charge in [0.2, 0.25) is 0 Å². The monoisotopic (exact) mass is 471 g/mol. The van der Waals surface area contributed by atoms with E-state index in [9.17, 15) is 8.42 Å². The summed E-state index contributed by atoms with van der Waals surface area (Å²) < 4.78 is 22.9. The largest absolute Gasteiger partial charge is 0.356 e. The van der Waals surface area contributed by atoms with Gasteiger partial charge >= 0.3 is 0 Å². The Hall–Kier alpha value is -0.350. The lowest BCUT2D eigenvalue weighted by Gasteiger charge is -2.18. The van der Waals surface area contributed by atoms with Crippen LogP contribution in [0.1, 0.15) is 23.1 Å². The molecular weight excluding hydrogens is 445 g/mol. The van der Waals surface area contributed by atoms with Crippen LogP contribution in [0.2, 0.25) is 0 Å². The predicted molar refractivity (Wildman–Crippen MR) is 109 cm³/mol. The zero-order valence-electron chi connectivity index (χ0n) is 13.8. The van der Waals surface area contributed by atoms with E-state index in [0.717, 1.165) is 18.8 Å². The van der Waals surface area contributed by atoms with Crippen molar-refractivity contribution < 1.29 is 8.42 Å². The number of aliphatic imine (C=N–C) groups is 1. The lowest BCUT2D eigenvalue weighted by Crippen LogP contribution is -2.44. The third-order valence-corrected chi connectivity index (χ3v) is 6.66. The van der Waals surface area contributed by atoms with E-state index in [1.165, 1.54) is 9.75 Å². The number of thiophene rings is 1. The maximum Gasteiger partial charge on any atom is 0.191 e. The van der Waals surface area contributed by atoms with Crippen LogP contribution in [0.15, 0.2) is 17.1 Å². The molecule has 2 heterocycles. The summed E-state index contributed by atoms with van der Waals surface area (Å²) >= 11 is 1.82. The van der Waals surface area contributed by atoms with Gasteiger partial charge in [0, 0.05) is 35.8 Å². The van der Waals surface area contributed by atoms with Crippen LogP contribution in [0, 0.1) is 12.8 Å². The first-order valence-electron chi connectivity index (χ1n) is 7.61. The molecule has 2 unspecified atom stereocenters. The molecule has 0 bridgehead atoms. The molecule has 0 aliphatic carbocycles. The lowest BCUT2D eigenvalue weighted by molar-refractivity contribution is 0.559. The van der Waals surface area contributed by atoms with E-state index < -0.39 is 9.84 Å². The fraction of sp³-hybridized carbons (Fsp3) is 0.667. The standard InChI is InChI=1S/C15H25N3O2S2.HI/c1-11(8-14-5-4-12(2)21-14)18-15(16-3)17-9-13-6-7-22(19,20)10-13;/h4-5,11,13H,6-10H2,1-3H3,(H2,16,17,18);1H. The molecule has 23 heavy (non-hydrogen) atoms. The summed E-state index contributed by atoms with van der Waals surface area (Å²) in [4.78, 5) is 6.90. The first-order chi connectivity index (χ1) is 10.4. The Morgan fingerprint density at radius 3 is 2.74 bits per heavy atom. The van der Waals surface area contributed by atoms with Crippen molar-refractivity contribution in [3.05, 3.63) is 21.9 Å². The second-order valence-corrected chi connectivity index (χ2v) is 9.59. The van der Waals surface area contributed by atoms with E-state index in [1.807, 2.05) is 11.3 Å². The number of guanidine groups is 1. The van der Waals surface area contributed by atoms with Crippen molar-refractivity contribution in [2.75, 3.05) is 25.1 Å². The molecule has 0 saturated carbocycles. The fourth-order valence-electron chi connectivity index (χ4n) is 2.65. The van der Waals surface area contributed by atoms with Gasteiger partial charge in [0.25, 0.3) is 0 Å². The number of nitrogens with zero attached hydrogens (tertiary/aromatic N) is 1. The van der Waals surface area contributed by atoms with E-state index in [-0.39, 0.29) is 35.9 Å². The molecule has 1 fully saturated rings. The van der Waals surface area contributed by atoms with Crippen molar-refractivity contribution in [3.8, 4) is 0 Å². The first kappa shape index (κ1) is 20.7. The summed E-state index contributed by atoms with van der Waals surface area (Å²) in [6.07, 6.45) is 1.70. The van der Waals surface area contributed by atoms with Crippen molar-refractivity contribution >= 4 is 51.1 Å². The molecule has 8 heteroatoms. The quantitative estimate of drug-likeness (QED) is 0.393. The van der Waals surface area contributed by atoms with Gasteiger partial charge in [-0.25, -0.2) is 8.42 Å². The van der Waals surface area contributed by atoms with Crippen molar-refractivity contribution in [3.63, 3.8) is 0 Å². The van der Waals surface area contributed by atoms with E-state index in [0.29, 0.717) is 18.1 Å². The topological polar surface area (TPSA) is 70.6 Å². The maximum absolute atomic E-state index is 11.5. The SMILES string of the molecule is CN=C(NCC1CCS(=O)(=O)C1)NC(C)Cc1ccc(C)s1.I. The molecule has 0 aromatic carbocycles. The van der Waals surface area contributed by atoms with E-state index in [2.05, 4.69) is 41.6 Å². The van der Waals surface area contributed by atoms with Crippen molar-refractivity contribution in [2.24, 2.45) is 10.9 Å². The van der Waals surface area contributed by atoms with Gasteiger partial charge < -0.3 is 10.6 Å². The normalized spacial score (nSPS) is 21.5. The molecule has 1 aromatic rings. The maximum atomic E-state index is 11.5. The number of aryl methyl sites for hydroxylation is 1. The van der Waals surface area contributed by atoms with Crippen molar-refractivity contribution in [1.82, 2.24) is 10.6 Å². The molecule has 0 radical (unpaired) electrons. The highest BCUT2D eigenvalue weighted by Crippen LogP contribution is 2.18. The summed E-state index contributed by atoms with van der Waals surface area (Å²) in [5.74, 6) is 1.55.